The van der Waals surface area contributed by atoms with E-state index in [-0.39, 0.29) is 74.2 Å². The molecule has 1 saturated heterocycles. The second-order valence-corrected chi connectivity index (χ2v) is 9.63. The zero-order valence-electron chi connectivity index (χ0n) is 23.3. The highest BCUT2D eigenvalue weighted by molar-refractivity contribution is 5.98. The summed E-state index contributed by atoms with van der Waals surface area (Å²) < 4.78 is 10.9. The number of carboxylic acid groups (broad SMARTS) is 2. The molecule has 3 amide bonds. The molecule has 1 aromatic heterocycles. The van der Waals surface area contributed by atoms with Crippen LogP contribution in [0.3, 0.4) is 0 Å². The third-order valence-electron chi connectivity index (χ3n) is 6.82. The molecule has 1 aliphatic heterocycles. The summed E-state index contributed by atoms with van der Waals surface area (Å²) in [5.41, 5.74) is 6.51. The number of amides is 3. The number of nitrogen functional groups attached to an aromatic ring is 1. The summed E-state index contributed by atoms with van der Waals surface area (Å²) in [6.07, 6.45) is -0.659. The van der Waals surface area contributed by atoms with Crippen LogP contribution in [0.15, 0.2) is 48.5 Å². The van der Waals surface area contributed by atoms with Gasteiger partial charge in [-0.2, -0.15) is 0 Å². The van der Waals surface area contributed by atoms with E-state index in [1.165, 1.54) is 34.1 Å². The molecule has 0 spiro atoms. The zero-order valence-corrected chi connectivity index (χ0v) is 23.3. The van der Waals surface area contributed by atoms with Crippen LogP contribution in [0.4, 0.5) is 10.5 Å². The second-order valence-electron chi connectivity index (χ2n) is 9.63. The van der Waals surface area contributed by atoms with E-state index in [1.807, 2.05) is 0 Å². The van der Waals surface area contributed by atoms with Crippen LogP contribution < -0.4 is 15.8 Å². The number of carbonyl (C=O) groups excluding carboxylic acids is 3. The van der Waals surface area contributed by atoms with Crippen LogP contribution >= 0.6 is 0 Å². The summed E-state index contributed by atoms with van der Waals surface area (Å²) in [5, 5.41) is 22.2. The van der Waals surface area contributed by atoms with Crippen LogP contribution in [0.5, 0.6) is 11.5 Å². The summed E-state index contributed by atoms with van der Waals surface area (Å²) >= 11 is 0. The fraction of sp³-hybridized carbons (Fsp3) is 0.310. The lowest BCUT2D eigenvalue weighted by Crippen LogP contribution is -2.53. The van der Waals surface area contributed by atoms with Gasteiger partial charge in [0.1, 0.15) is 17.4 Å². The number of anilines is 1. The number of fused-ring (bicyclic) bond motifs is 1. The Hall–Kier alpha value is -5.40. The average Bonchev–Trinajstić information content (AvgIpc) is 2.99. The molecular formula is C29H31N5O9. The summed E-state index contributed by atoms with van der Waals surface area (Å²) in [6.45, 7) is 2.55. The van der Waals surface area contributed by atoms with Gasteiger partial charge in [-0.25, -0.2) is 14.6 Å². The number of carboxylic acids is 2. The van der Waals surface area contributed by atoms with Crippen molar-refractivity contribution in [1.82, 2.24) is 20.1 Å². The Morgan fingerprint density at radius 1 is 0.977 bits per heavy atom. The largest absolute Gasteiger partial charge is 0.481 e. The molecule has 14 heteroatoms. The lowest BCUT2D eigenvalue weighted by molar-refractivity contribution is -0.152. The average molecular weight is 594 g/mol. The minimum Gasteiger partial charge on any atom is -0.481 e. The molecular weight excluding hydrogens is 562 g/mol. The van der Waals surface area contributed by atoms with Crippen molar-refractivity contribution in [2.24, 2.45) is 5.92 Å². The number of carbonyl (C=O) groups is 5. The first kappa shape index (κ1) is 30.6. The number of ether oxygens (including phenoxy) is 2. The monoisotopic (exact) mass is 593 g/mol. The molecule has 1 fully saturated rings. The topological polar surface area (TPSA) is 202 Å². The SMILES string of the molecule is CCOC(=O)N1CCN(C(=O)C(CCNC(=O)c2cc(Oc3cc(C(=O)O)ccc3N)c3ccccc3n2)C(=O)O)CC1. The summed E-state index contributed by atoms with van der Waals surface area (Å²) in [7, 11) is 0. The Morgan fingerprint density at radius 3 is 2.35 bits per heavy atom. The van der Waals surface area contributed by atoms with E-state index in [0.29, 0.717) is 10.9 Å². The number of nitrogens with two attached hydrogens (primary N) is 1. The molecule has 14 nitrogen and oxygen atoms in total. The molecule has 2 heterocycles. The maximum absolute atomic E-state index is 13.1. The summed E-state index contributed by atoms with van der Waals surface area (Å²) in [5.74, 6) is -4.86. The molecule has 1 atom stereocenters. The standard InChI is InChI=1S/C29H31N5O9/c1-2-42-29(41)34-13-11-33(12-14-34)26(36)19(28(39)40)9-10-31-25(35)22-16-23(18-5-3-4-6-21(18)32-22)43-24-15-17(27(37)38)7-8-20(24)30/h3-8,15-16,19H,2,9-14,30H2,1H3,(H,31,35)(H,37,38)(H,39,40). The van der Waals surface area contributed by atoms with Crippen LogP contribution in [0.25, 0.3) is 10.9 Å². The Labute approximate surface area is 246 Å². The van der Waals surface area contributed by atoms with Gasteiger partial charge in [0.2, 0.25) is 5.91 Å². The third-order valence-corrected chi connectivity index (χ3v) is 6.82. The maximum Gasteiger partial charge on any atom is 0.409 e. The lowest BCUT2D eigenvalue weighted by atomic mass is 10.0. The molecule has 0 saturated carbocycles. The molecule has 1 unspecified atom stereocenters. The van der Waals surface area contributed by atoms with E-state index in [2.05, 4.69) is 10.3 Å². The molecule has 226 valence electrons. The number of nitrogens with one attached hydrogen (secondary N) is 1. The van der Waals surface area contributed by atoms with Gasteiger partial charge in [-0.15, -0.1) is 0 Å². The first-order valence-electron chi connectivity index (χ1n) is 13.5. The number of nitrogens with zero attached hydrogens (tertiary/aromatic N) is 3. The molecule has 0 bridgehead atoms. The fourth-order valence-electron chi connectivity index (χ4n) is 4.54. The van der Waals surface area contributed by atoms with Gasteiger partial charge >= 0.3 is 18.0 Å². The van der Waals surface area contributed by atoms with Gasteiger partial charge in [0.25, 0.3) is 5.91 Å². The van der Waals surface area contributed by atoms with E-state index in [0.717, 1.165) is 0 Å². The molecule has 2 aromatic carbocycles. The maximum atomic E-state index is 13.1. The molecule has 43 heavy (non-hydrogen) atoms. The molecule has 5 N–H and O–H groups in total. The van der Waals surface area contributed by atoms with Gasteiger partial charge in [0.15, 0.2) is 5.75 Å². The number of piperazine rings is 1. The van der Waals surface area contributed by atoms with E-state index in [4.69, 9.17) is 15.2 Å². The van der Waals surface area contributed by atoms with Gasteiger partial charge in [-0.05, 0) is 43.7 Å². The van der Waals surface area contributed by atoms with Gasteiger partial charge < -0.3 is 40.5 Å². The zero-order chi connectivity index (χ0) is 31.1. The summed E-state index contributed by atoms with van der Waals surface area (Å²) in [4.78, 5) is 68.5. The van der Waals surface area contributed by atoms with Gasteiger partial charge in [-0.1, -0.05) is 12.1 Å². The van der Waals surface area contributed by atoms with E-state index >= 15 is 0 Å². The van der Waals surface area contributed by atoms with E-state index in [1.54, 1.807) is 31.2 Å². The van der Waals surface area contributed by atoms with Crippen LogP contribution in [-0.4, -0.2) is 94.2 Å². The molecule has 3 aromatic rings. The number of pyridine rings is 1. The van der Waals surface area contributed by atoms with E-state index < -0.39 is 35.8 Å². The summed E-state index contributed by atoms with van der Waals surface area (Å²) in [6, 6.07) is 12.2. The highest BCUT2D eigenvalue weighted by atomic mass is 16.6. The van der Waals surface area contributed by atoms with Crippen molar-refractivity contribution in [3.05, 3.63) is 59.8 Å². The first-order valence-corrected chi connectivity index (χ1v) is 13.5. The Bertz CT molecular complexity index is 1550. The van der Waals surface area contributed by atoms with Crippen molar-refractivity contribution in [3.8, 4) is 11.5 Å². The third kappa shape index (κ3) is 7.28. The minimum absolute atomic E-state index is 0.0380. The van der Waals surface area contributed by atoms with E-state index in [9.17, 15) is 34.2 Å². The van der Waals surface area contributed by atoms with Crippen LogP contribution in [0.1, 0.15) is 34.2 Å². The number of benzene rings is 2. The molecule has 4 rings (SSSR count). The number of aromatic carboxylic acids is 1. The fourth-order valence-corrected chi connectivity index (χ4v) is 4.54. The van der Waals surface area contributed by atoms with Crippen molar-refractivity contribution in [1.29, 1.82) is 0 Å². The quantitative estimate of drug-likeness (QED) is 0.199. The van der Waals surface area contributed by atoms with Crippen molar-refractivity contribution in [2.75, 3.05) is 45.1 Å². The van der Waals surface area contributed by atoms with Crippen molar-refractivity contribution < 1.29 is 43.7 Å². The van der Waals surface area contributed by atoms with Crippen molar-refractivity contribution in [3.63, 3.8) is 0 Å². The Balaban J connectivity index is 1.44. The molecule has 0 aliphatic carbocycles. The van der Waals surface area contributed by atoms with Crippen LogP contribution in [0.2, 0.25) is 0 Å². The van der Waals surface area contributed by atoms with Crippen LogP contribution in [-0.2, 0) is 14.3 Å². The highest BCUT2D eigenvalue weighted by Gasteiger charge is 2.33. The lowest BCUT2D eigenvalue weighted by Gasteiger charge is -2.35. The van der Waals surface area contributed by atoms with Gasteiger partial charge in [0.05, 0.1) is 23.4 Å². The first-order chi connectivity index (χ1) is 20.6. The number of para-hydroxylation sites is 1. The second kappa shape index (κ2) is 13.5. The Morgan fingerprint density at radius 2 is 1.67 bits per heavy atom. The predicted octanol–water partition coefficient (Wildman–Crippen LogP) is 2.43. The minimum atomic E-state index is -1.40. The highest BCUT2D eigenvalue weighted by Crippen LogP contribution is 2.33. The van der Waals surface area contributed by atoms with Crippen LogP contribution in [0, 0.1) is 5.92 Å². The molecule has 0 radical (unpaired) electrons. The predicted molar refractivity (Wildman–Crippen MR) is 153 cm³/mol. The van der Waals surface area contributed by atoms with Gasteiger partial charge in [-0.3, -0.25) is 14.4 Å². The van der Waals surface area contributed by atoms with Gasteiger partial charge in [0, 0.05) is 44.2 Å². The molecule has 1 aliphatic rings. The smallest absolute Gasteiger partial charge is 0.409 e. The normalized spacial score (nSPS) is 13.7. The van der Waals surface area contributed by atoms with Crippen molar-refractivity contribution >= 4 is 46.4 Å². The number of aromatic nitrogens is 1. The number of hydrogen-bond donors (Lipinski definition) is 4. The number of hydrogen-bond acceptors (Lipinski definition) is 9. The number of rotatable bonds is 10. The Kier molecular flexibility index (Phi) is 9.60. The number of aliphatic carboxylic acids is 1. The van der Waals surface area contributed by atoms with Crippen molar-refractivity contribution in [2.45, 2.75) is 13.3 Å².